The SMILES string of the molecule is Cc1ccc([N+](=O)[O-])cc1S(=O)(=O)N1CCN(C(=O)C2CC3CCC2C3)CC1. The maximum absolute atomic E-state index is 13.0. The predicted molar refractivity (Wildman–Crippen MR) is 102 cm³/mol. The number of nitro groups is 1. The van der Waals surface area contributed by atoms with Crippen molar-refractivity contribution < 1.29 is 18.1 Å². The number of benzene rings is 1. The van der Waals surface area contributed by atoms with E-state index in [-0.39, 0.29) is 35.5 Å². The van der Waals surface area contributed by atoms with Gasteiger partial charge in [0.05, 0.1) is 9.82 Å². The molecule has 1 heterocycles. The van der Waals surface area contributed by atoms with Crippen molar-refractivity contribution in [1.82, 2.24) is 9.21 Å². The second-order valence-electron chi connectivity index (χ2n) is 8.22. The monoisotopic (exact) mass is 407 g/mol. The zero-order valence-corrected chi connectivity index (χ0v) is 16.7. The van der Waals surface area contributed by atoms with Crippen molar-refractivity contribution in [2.75, 3.05) is 26.2 Å². The summed E-state index contributed by atoms with van der Waals surface area (Å²) in [6.07, 6.45) is 4.52. The van der Waals surface area contributed by atoms with E-state index in [0.717, 1.165) is 25.3 Å². The topological polar surface area (TPSA) is 101 Å². The molecule has 1 saturated heterocycles. The number of fused-ring (bicyclic) bond motifs is 2. The standard InChI is InChI=1S/C19H25N3O5S/c1-13-2-5-16(22(24)25)12-18(13)28(26,27)21-8-6-20(7-9-21)19(23)17-11-14-3-4-15(17)10-14/h2,5,12,14-15,17H,3-4,6-11H2,1H3. The van der Waals surface area contributed by atoms with E-state index in [0.29, 0.717) is 30.5 Å². The Morgan fingerprint density at radius 2 is 1.86 bits per heavy atom. The summed E-state index contributed by atoms with van der Waals surface area (Å²) in [5.41, 5.74) is 0.236. The summed E-state index contributed by atoms with van der Waals surface area (Å²) >= 11 is 0. The molecule has 0 radical (unpaired) electrons. The molecule has 2 aliphatic carbocycles. The van der Waals surface area contributed by atoms with Crippen molar-refractivity contribution in [1.29, 1.82) is 0 Å². The van der Waals surface area contributed by atoms with Crippen molar-refractivity contribution in [3.63, 3.8) is 0 Å². The van der Waals surface area contributed by atoms with Gasteiger partial charge in [0.2, 0.25) is 15.9 Å². The maximum atomic E-state index is 13.0. The van der Waals surface area contributed by atoms with Crippen LogP contribution in [0.15, 0.2) is 23.1 Å². The molecule has 0 aromatic heterocycles. The average Bonchev–Trinajstić information content (AvgIpc) is 3.31. The van der Waals surface area contributed by atoms with Crippen LogP contribution in [0.25, 0.3) is 0 Å². The van der Waals surface area contributed by atoms with E-state index in [2.05, 4.69) is 0 Å². The zero-order chi connectivity index (χ0) is 20.1. The molecule has 2 bridgehead atoms. The summed E-state index contributed by atoms with van der Waals surface area (Å²) in [5, 5.41) is 11.0. The third-order valence-corrected chi connectivity index (χ3v) is 8.65. The van der Waals surface area contributed by atoms with Gasteiger partial charge in [-0.15, -0.1) is 0 Å². The molecule has 1 aromatic carbocycles. The van der Waals surface area contributed by atoms with Crippen molar-refractivity contribution in [3.8, 4) is 0 Å². The van der Waals surface area contributed by atoms with Crippen molar-refractivity contribution in [2.45, 2.75) is 37.5 Å². The normalized spacial score (nSPS) is 27.9. The minimum Gasteiger partial charge on any atom is -0.340 e. The summed E-state index contributed by atoms with van der Waals surface area (Å²) in [7, 11) is -3.83. The highest BCUT2D eigenvalue weighted by molar-refractivity contribution is 7.89. The highest BCUT2D eigenvalue weighted by atomic mass is 32.2. The number of rotatable bonds is 4. The van der Waals surface area contributed by atoms with Crippen LogP contribution in [0.4, 0.5) is 5.69 Å². The second-order valence-corrected chi connectivity index (χ2v) is 10.1. The summed E-state index contributed by atoms with van der Waals surface area (Å²) in [5.74, 6) is 1.49. The molecule has 9 heteroatoms. The van der Waals surface area contributed by atoms with Gasteiger partial charge in [-0.1, -0.05) is 12.5 Å². The van der Waals surface area contributed by atoms with Gasteiger partial charge in [-0.3, -0.25) is 14.9 Å². The number of hydrogen-bond donors (Lipinski definition) is 0. The highest BCUT2D eigenvalue weighted by Crippen LogP contribution is 2.49. The molecule has 3 atom stereocenters. The molecule has 1 amide bonds. The fourth-order valence-electron chi connectivity index (χ4n) is 5.05. The molecule has 28 heavy (non-hydrogen) atoms. The Morgan fingerprint density at radius 1 is 1.14 bits per heavy atom. The van der Waals surface area contributed by atoms with E-state index in [9.17, 15) is 23.3 Å². The lowest BCUT2D eigenvalue weighted by atomic mass is 9.87. The van der Waals surface area contributed by atoms with E-state index in [1.165, 1.54) is 22.9 Å². The lowest BCUT2D eigenvalue weighted by Crippen LogP contribution is -2.52. The third kappa shape index (κ3) is 3.30. The molecule has 1 aliphatic heterocycles. The first-order chi connectivity index (χ1) is 13.3. The van der Waals surface area contributed by atoms with E-state index in [1.54, 1.807) is 11.8 Å². The van der Waals surface area contributed by atoms with E-state index in [4.69, 9.17) is 0 Å². The summed E-state index contributed by atoms with van der Waals surface area (Å²) in [6.45, 7) is 2.82. The van der Waals surface area contributed by atoms with E-state index < -0.39 is 14.9 Å². The zero-order valence-electron chi connectivity index (χ0n) is 15.9. The summed E-state index contributed by atoms with van der Waals surface area (Å²) < 4.78 is 27.4. The molecule has 3 fully saturated rings. The van der Waals surface area contributed by atoms with Crippen LogP contribution in [-0.2, 0) is 14.8 Å². The first-order valence-corrected chi connectivity index (χ1v) is 11.3. The lowest BCUT2D eigenvalue weighted by Gasteiger charge is -2.36. The Balaban J connectivity index is 1.45. The number of sulfonamides is 1. The minimum atomic E-state index is -3.83. The number of nitrogens with zero attached hydrogens (tertiary/aromatic N) is 3. The quantitative estimate of drug-likeness (QED) is 0.562. The lowest BCUT2D eigenvalue weighted by molar-refractivity contribution is -0.385. The molecular formula is C19H25N3O5S. The van der Waals surface area contributed by atoms with Gasteiger partial charge in [-0.2, -0.15) is 4.31 Å². The Morgan fingerprint density at radius 3 is 2.43 bits per heavy atom. The molecule has 3 aliphatic rings. The number of nitro benzene ring substituents is 1. The number of carbonyl (C=O) groups excluding carboxylic acids is 1. The number of amides is 1. The largest absolute Gasteiger partial charge is 0.340 e. The van der Waals surface area contributed by atoms with Gasteiger partial charge in [0, 0.05) is 44.2 Å². The predicted octanol–water partition coefficient (Wildman–Crippen LogP) is 2.17. The number of non-ortho nitro benzene ring substituents is 1. The number of carbonyl (C=O) groups is 1. The van der Waals surface area contributed by atoms with Gasteiger partial charge in [0.25, 0.3) is 5.69 Å². The van der Waals surface area contributed by atoms with Crippen LogP contribution >= 0.6 is 0 Å². The Hall–Kier alpha value is -2.00. The van der Waals surface area contributed by atoms with Gasteiger partial charge in [-0.25, -0.2) is 8.42 Å². The van der Waals surface area contributed by atoms with E-state index >= 15 is 0 Å². The Kier molecular flexibility index (Phi) is 4.91. The summed E-state index contributed by atoms with van der Waals surface area (Å²) in [4.78, 5) is 25.1. The first-order valence-electron chi connectivity index (χ1n) is 9.81. The fourth-order valence-corrected chi connectivity index (χ4v) is 6.72. The molecule has 3 unspecified atom stereocenters. The number of aryl methyl sites for hydroxylation is 1. The van der Waals surface area contributed by atoms with Crippen molar-refractivity contribution >= 4 is 21.6 Å². The van der Waals surface area contributed by atoms with Crippen LogP contribution in [0.2, 0.25) is 0 Å². The first kappa shape index (κ1) is 19.3. The Labute approximate surface area is 164 Å². The highest BCUT2D eigenvalue weighted by Gasteiger charge is 2.45. The average molecular weight is 407 g/mol. The molecule has 8 nitrogen and oxygen atoms in total. The van der Waals surface area contributed by atoms with Gasteiger partial charge in [-0.05, 0) is 43.6 Å². The van der Waals surface area contributed by atoms with Crippen LogP contribution < -0.4 is 0 Å². The molecule has 2 saturated carbocycles. The van der Waals surface area contributed by atoms with Gasteiger partial charge in [0.15, 0.2) is 0 Å². The van der Waals surface area contributed by atoms with Crippen molar-refractivity contribution in [3.05, 3.63) is 33.9 Å². The molecular weight excluding hydrogens is 382 g/mol. The molecule has 0 spiro atoms. The molecule has 1 aromatic rings. The van der Waals surface area contributed by atoms with Gasteiger partial charge >= 0.3 is 0 Å². The fraction of sp³-hybridized carbons (Fsp3) is 0.632. The number of piperazine rings is 1. The van der Waals surface area contributed by atoms with Crippen LogP contribution in [0.5, 0.6) is 0 Å². The summed E-state index contributed by atoms with van der Waals surface area (Å²) in [6, 6.07) is 3.89. The van der Waals surface area contributed by atoms with Crippen LogP contribution in [-0.4, -0.2) is 54.6 Å². The van der Waals surface area contributed by atoms with Crippen LogP contribution in [0.1, 0.15) is 31.2 Å². The second kappa shape index (κ2) is 7.11. The van der Waals surface area contributed by atoms with E-state index in [1.807, 2.05) is 0 Å². The van der Waals surface area contributed by atoms with Crippen LogP contribution in [0, 0.1) is 34.8 Å². The maximum Gasteiger partial charge on any atom is 0.270 e. The molecule has 0 N–H and O–H groups in total. The Bertz CT molecular complexity index is 908. The molecule has 152 valence electrons. The third-order valence-electron chi connectivity index (χ3n) is 6.61. The van der Waals surface area contributed by atoms with Gasteiger partial charge in [0.1, 0.15) is 0 Å². The van der Waals surface area contributed by atoms with Gasteiger partial charge < -0.3 is 4.90 Å². The van der Waals surface area contributed by atoms with Crippen molar-refractivity contribution in [2.24, 2.45) is 17.8 Å². The smallest absolute Gasteiger partial charge is 0.270 e. The number of hydrogen-bond acceptors (Lipinski definition) is 5. The molecule has 4 rings (SSSR count). The van der Waals surface area contributed by atoms with Crippen LogP contribution in [0.3, 0.4) is 0 Å². The minimum absolute atomic E-state index is 0.0328.